The molecule has 0 bridgehead atoms. The Balaban J connectivity index is 1.99. The smallest absolute Gasteiger partial charge is 0.303 e. The average Bonchev–Trinajstić information content (AvgIpc) is 2.40. The predicted molar refractivity (Wildman–Crippen MR) is 84.2 cm³/mol. The Morgan fingerprint density at radius 2 is 1.86 bits per heavy atom. The van der Waals surface area contributed by atoms with Gasteiger partial charge < -0.3 is 5.11 Å². The fourth-order valence-corrected chi connectivity index (χ4v) is 4.30. The number of carboxylic acid groups (broad SMARTS) is 1. The van der Waals surface area contributed by atoms with E-state index >= 15 is 0 Å². The lowest BCUT2D eigenvalue weighted by Crippen LogP contribution is -2.53. The van der Waals surface area contributed by atoms with E-state index < -0.39 is 16.0 Å². The van der Waals surface area contributed by atoms with Crippen molar-refractivity contribution in [1.82, 2.24) is 4.72 Å². The highest BCUT2D eigenvalue weighted by Crippen LogP contribution is 2.37. The molecule has 1 aromatic carbocycles. The minimum absolute atomic E-state index is 0.140. The molecule has 0 heterocycles. The Bertz CT molecular complexity index is 618. The molecule has 2 N–H and O–H groups in total. The summed E-state index contributed by atoms with van der Waals surface area (Å²) in [6.45, 7) is 1.92. The maximum absolute atomic E-state index is 12.5. The van der Waals surface area contributed by atoms with E-state index in [2.05, 4.69) is 4.72 Å². The molecular formula is C16H23NO4S. The second-order valence-corrected chi connectivity index (χ2v) is 7.84. The zero-order chi connectivity index (χ0) is 16.2. The summed E-state index contributed by atoms with van der Waals surface area (Å²) in [6, 6.07) is 6.81. The zero-order valence-corrected chi connectivity index (χ0v) is 13.7. The van der Waals surface area contributed by atoms with Crippen molar-refractivity contribution in [2.45, 2.75) is 62.3 Å². The predicted octanol–water partition coefficient (Wildman–Crippen LogP) is 2.84. The van der Waals surface area contributed by atoms with Gasteiger partial charge >= 0.3 is 5.97 Å². The van der Waals surface area contributed by atoms with Gasteiger partial charge in [0.1, 0.15) is 0 Å². The number of unbranched alkanes of at least 4 members (excludes halogenated alkanes) is 1. The van der Waals surface area contributed by atoms with E-state index in [-0.39, 0.29) is 16.9 Å². The summed E-state index contributed by atoms with van der Waals surface area (Å²) in [4.78, 5) is 10.8. The first kappa shape index (κ1) is 17.0. The standard InChI is InChI=1S/C16H23NO4S/c1-13-6-8-14(9-7-13)22(20,21)17-16(11-4-12-16)10-3-2-5-15(18)19/h6-9,17H,2-5,10-12H2,1H3,(H,18,19). The van der Waals surface area contributed by atoms with Crippen LogP contribution in [0.5, 0.6) is 0 Å². The van der Waals surface area contributed by atoms with Crippen molar-refractivity contribution < 1.29 is 18.3 Å². The van der Waals surface area contributed by atoms with E-state index in [1.807, 2.05) is 6.92 Å². The highest BCUT2D eigenvalue weighted by atomic mass is 32.2. The van der Waals surface area contributed by atoms with Crippen molar-refractivity contribution in [3.63, 3.8) is 0 Å². The van der Waals surface area contributed by atoms with Gasteiger partial charge in [-0.25, -0.2) is 13.1 Å². The van der Waals surface area contributed by atoms with Crippen molar-refractivity contribution in [3.8, 4) is 0 Å². The Hall–Kier alpha value is -1.40. The summed E-state index contributed by atoms with van der Waals surface area (Å²) >= 11 is 0. The number of hydrogen-bond acceptors (Lipinski definition) is 3. The van der Waals surface area contributed by atoms with Crippen LogP contribution >= 0.6 is 0 Å². The number of benzene rings is 1. The van der Waals surface area contributed by atoms with Crippen molar-refractivity contribution in [2.75, 3.05) is 0 Å². The monoisotopic (exact) mass is 325 g/mol. The normalized spacial score (nSPS) is 17.0. The van der Waals surface area contributed by atoms with E-state index in [9.17, 15) is 13.2 Å². The summed E-state index contributed by atoms with van der Waals surface area (Å²) in [7, 11) is -3.52. The van der Waals surface area contributed by atoms with Crippen LogP contribution in [0.25, 0.3) is 0 Å². The van der Waals surface area contributed by atoms with Crippen LogP contribution in [0.2, 0.25) is 0 Å². The molecule has 0 aliphatic heterocycles. The number of carboxylic acids is 1. The summed E-state index contributed by atoms with van der Waals surface area (Å²) in [5.41, 5.74) is 0.633. The number of aliphatic carboxylic acids is 1. The number of rotatable bonds is 8. The number of carbonyl (C=O) groups is 1. The number of sulfonamides is 1. The van der Waals surface area contributed by atoms with Crippen molar-refractivity contribution in [3.05, 3.63) is 29.8 Å². The van der Waals surface area contributed by atoms with Gasteiger partial charge in [-0.05, 0) is 51.2 Å². The molecule has 1 fully saturated rings. The van der Waals surface area contributed by atoms with Gasteiger partial charge in [0, 0.05) is 12.0 Å². The van der Waals surface area contributed by atoms with E-state index in [4.69, 9.17) is 5.11 Å². The van der Waals surface area contributed by atoms with Crippen molar-refractivity contribution in [2.24, 2.45) is 0 Å². The van der Waals surface area contributed by atoms with Crippen LogP contribution in [0.4, 0.5) is 0 Å². The van der Waals surface area contributed by atoms with Gasteiger partial charge in [0.2, 0.25) is 10.0 Å². The number of aryl methyl sites for hydroxylation is 1. The molecule has 1 aliphatic rings. The van der Waals surface area contributed by atoms with Gasteiger partial charge in [-0.15, -0.1) is 0 Å². The fraction of sp³-hybridized carbons (Fsp3) is 0.562. The lowest BCUT2D eigenvalue weighted by Gasteiger charge is -2.42. The average molecular weight is 325 g/mol. The van der Waals surface area contributed by atoms with Crippen LogP contribution in [-0.2, 0) is 14.8 Å². The lowest BCUT2D eigenvalue weighted by atomic mass is 9.74. The van der Waals surface area contributed by atoms with E-state index in [1.54, 1.807) is 24.3 Å². The van der Waals surface area contributed by atoms with E-state index in [1.165, 1.54) is 0 Å². The zero-order valence-electron chi connectivity index (χ0n) is 12.8. The Labute approximate surface area is 131 Å². The fourth-order valence-electron chi connectivity index (χ4n) is 2.81. The molecule has 0 unspecified atom stereocenters. The van der Waals surface area contributed by atoms with Gasteiger partial charge in [-0.2, -0.15) is 0 Å². The second-order valence-electron chi connectivity index (χ2n) is 6.15. The number of hydrogen-bond donors (Lipinski definition) is 2. The Kier molecular flexibility index (Phi) is 5.24. The molecule has 0 saturated heterocycles. The molecule has 1 aliphatic carbocycles. The summed E-state index contributed by atoms with van der Waals surface area (Å²) in [5, 5.41) is 8.66. The molecule has 0 aromatic heterocycles. The summed E-state index contributed by atoms with van der Waals surface area (Å²) in [6.07, 6.45) is 4.81. The van der Waals surface area contributed by atoms with E-state index in [0.29, 0.717) is 12.8 Å². The molecule has 5 nitrogen and oxygen atoms in total. The highest BCUT2D eigenvalue weighted by molar-refractivity contribution is 7.89. The molecule has 0 atom stereocenters. The molecular weight excluding hydrogens is 302 g/mol. The summed E-state index contributed by atoms with van der Waals surface area (Å²) in [5.74, 6) is -0.803. The third-order valence-electron chi connectivity index (χ3n) is 4.29. The van der Waals surface area contributed by atoms with Crippen LogP contribution in [0.3, 0.4) is 0 Å². The topological polar surface area (TPSA) is 83.5 Å². The van der Waals surface area contributed by atoms with Gasteiger partial charge in [0.05, 0.1) is 4.90 Å². The first-order chi connectivity index (χ1) is 10.3. The highest BCUT2D eigenvalue weighted by Gasteiger charge is 2.40. The first-order valence-corrected chi connectivity index (χ1v) is 9.14. The Morgan fingerprint density at radius 1 is 1.23 bits per heavy atom. The van der Waals surface area contributed by atoms with Crippen LogP contribution in [-0.4, -0.2) is 25.0 Å². The molecule has 1 aromatic rings. The summed E-state index contributed by atoms with van der Waals surface area (Å²) < 4.78 is 27.8. The van der Waals surface area contributed by atoms with Gasteiger partial charge in [-0.3, -0.25) is 4.79 Å². The lowest BCUT2D eigenvalue weighted by molar-refractivity contribution is -0.137. The van der Waals surface area contributed by atoms with Crippen molar-refractivity contribution >= 4 is 16.0 Å². The molecule has 2 rings (SSSR count). The molecule has 0 amide bonds. The molecule has 0 spiro atoms. The minimum atomic E-state index is -3.52. The van der Waals surface area contributed by atoms with Crippen molar-refractivity contribution in [1.29, 1.82) is 0 Å². The third kappa shape index (κ3) is 4.30. The van der Waals surface area contributed by atoms with Crippen LogP contribution in [0.1, 0.15) is 50.5 Å². The van der Waals surface area contributed by atoms with E-state index in [0.717, 1.165) is 31.2 Å². The first-order valence-electron chi connectivity index (χ1n) is 7.65. The SMILES string of the molecule is Cc1ccc(S(=O)(=O)NC2(CCCCC(=O)O)CCC2)cc1. The second kappa shape index (κ2) is 6.79. The number of nitrogens with one attached hydrogen (secondary N) is 1. The molecule has 122 valence electrons. The van der Waals surface area contributed by atoms with Crippen LogP contribution in [0.15, 0.2) is 29.2 Å². The third-order valence-corrected chi connectivity index (χ3v) is 5.88. The maximum Gasteiger partial charge on any atom is 0.303 e. The largest absolute Gasteiger partial charge is 0.481 e. The van der Waals surface area contributed by atoms with Gasteiger partial charge in [0.25, 0.3) is 0 Å². The van der Waals surface area contributed by atoms with Gasteiger partial charge in [0.15, 0.2) is 0 Å². The minimum Gasteiger partial charge on any atom is -0.481 e. The van der Waals surface area contributed by atoms with Gasteiger partial charge in [-0.1, -0.05) is 24.1 Å². The molecule has 0 radical (unpaired) electrons. The quantitative estimate of drug-likeness (QED) is 0.720. The maximum atomic E-state index is 12.5. The van der Waals surface area contributed by atoms with Crippen LogP contribution < -0.4 is 4.72 Å². The molecule has 1 saturated carbocycles. The molecule has 22 heavy (non-hydrogen) atoms. The van der Waals surface area contributed by atoms with Crippen LogP contribution in [0, 0.1) is 6.92 Å². The Morgan fingerprint density at radius 3 is 2.36 bits per heavy atom. The molecule has 6 heteroatoms.